The van der Waals surface area contributed by atoms with Gasteiger partial charge in [-0.05, 0) is 19.8 Å². The lowest BCUT2D eigenvalue weighted by Crippen LogP contribution is -2.48. The molecule has 1 aliphatic rings. The number of thioether (sulfide) groups is 1. The Morgan fingerprint density at radius 3 is 2.82 bits per heavy atom. The van der Waals surface area contributed by atoms with Crippen LogP contribution in [-0.4, -0.2) is 67.4 Å². The molecule has 1 unspecified atom stereocenters. The molecule has 1 atom stereocenters. The van der Waals surface area contributed by atoms with Crippen LogP contribution >= 0.6 is 11.8 Å². The average molecular weight is 341 g/mol. The Morgan fingerprint density at radius 2 is 2.18 bits per heavy atom. The molecule has 130 valence electrons. The summed E-state index contributed by atoms with van der Waals surface area (Å²) in [6.45, 7) is 6.27. The normalized spacial score (nSPS) is 20.3. The number of aliphatic imine (C=N–C) groups is 1. The molecule has 1 saturated heterocycles. The third-order valence-electron chi connectivity index (χ3n) is 3.20. The van der Waals surface area contributed by atoms with E-state index in [1.807, 2.05) is 18.7 Å². The van der Waals surface area contributed by atoms with Crippen LogP contribution in [0.15, 0.2) is 4.99 Å². The van der Waals surface area contributed by atoms with Crippen LogP contribution in [0.3, 0.4) is 0 Å². The highest BCUT2D eigenvalue weighted by Crippen LogP contribution is 2.21. The molecule has 8 heteroatoms. The average Bonchev–Trinajstić information content (AvgIpc) is 2.48. The number of halogens is 3. The maximum atomic E-state index is 11.9. The Labute approximate surface area is 134 Å². The van der Waals surface area contributed by atoms with Gasteiger partial charge in [0.2, 0.25) is 0 Å². The first-order valence-electron chi connectivity index (χ1n) is 7.75. The van der Waals surface area contributed by atoms with Crippen LogP contribution in [0, 0.1) is 0 Å². The molecule has 0 aliphatic carbocycles. The zero-order chi connectivity index (χ0) is 16.4. The van der Waals surface area contributed by atoms with Crippen molar-refractivity contribution in [2.24, 2.45) is 4.99 Å². The lowest BCUT2D eigenvalue weighted by Gasteiger charge is -2.34. The van der Waals surface area contributed by atoms with Crippen molar-refractivity contribution in [3.63, 3.8) is 0 Å². The largest absolute Gasteiger partial charge is 0.411 e. The van der Waals surface area contributed by atoms with Crippen molar-refractivity contribution in [2.75, 3.05) is 45.1 Å². The summed E-state index contributed by atoms with van der Waals surface area (Å²) in [6.07, 6.45) is -2.63. The summed E-state index contributed by atoms with van der Waals surface area (Å²) in [4.78, 5) is 6.74. The molecular formula is C14H26F3N3OS. The van der Waals surface area contributed by atoms with Gasteiger partial charge in [-0.2, -0.15) is 24.9 Å². The third kappa shape index (κ3) is 8.12. The maximum absolute atomic E-state index is 11.9. The molecule has 22 heavy (non-hydrogen) atoms. The lowest BCUT2D eigenvalue weighted by molar-refractivity contribution is -0.173. The number of hydrogen-bond donors (Lipinski definition) is 1. The molecule has 1 fully saturated rings. The van der Waals surface area contributed by atoms with Crippen LogP contribution in [-0.2, 0) is 4.74 Å². The fourth-order valence-electron chi connectivity index (χ4n) is 2.12. The smallest absolute Gasteiger partial charge is 0.372 e. The van der Waals surface area contributed by atoms with E-state index in [4.69, 9.17) is 0 Å². The van der Waals surface area contributed by atoms with Gasteiger partial charge in [0.05, 0.1) is 0 Å². The van der Waals surface area contributed by atoms with Crippen LogP contribution in [0.4, 0.5) is 13.2 Å². The van der Waals surface area contributed by atoms with E-state index in [0.29, 0.717) is 18.2 Å². The van der Waals surface area contributed by atoms with Crippen LogP contribution in [0.1, 0.15) is 26.7 Å². The van der Waals surface area contributed by atoms with Gasteiger partial charge in [-0.1, -0.05) is 6.92 Å². The number of nitrogens with one attached hydrogen (secondary N) is 1. The number of guanidine groups is 1. The van der Waals surface area contributed by atoms with Crippen molar-refractivity contribution in [2.45, 2.75) is 38.1 Å². The van der Waals surface area contributed by atoms with E-state index in [-0.39, 0.29) is 6.61 Å². The summed E-state index contributed by atoms with van der Waals surface area (Å²) in [5.41, 5.74) is 0. The number of alkyl halides is 3. The van der Waals surface area contributed by atoms with E-state index in [0.717, 1.165) is 37.8 Å². The summed E-state index contributed by atoms with van der Waals surface area (Å²) >= 11 is 1.99. The Balaban J connectivity index is 2.35. The van der Waals surface area contributed by atoms with Gasteiger partial charge >= 0.3 is 6.18 Å². The molecule has 1 aliphatic heterocycles. The number of rotatable bonds is 7. The summed E-state index contributed by atoms with van der Waals surface area (Å²) in [5.74, 6) is 1.94. The minimum absolute atomic E-state index is 0.0792. The highest BCUT2D eigenvalue weighted by Gasteiger charge is 2.27. The Bertz CT molecular complexity index is 340. The maximum Gasteiger partial charge on any atom is 0.411 e. The molecule has 0 saturated carbocycles. The first kappa shape index (κ1) is 19.4. The minimum atomic E-state index is -4.25. The van der Waals surface area contributed by atoms with Gasteiger partial charge in [-0.15, -0.1) is 0 Å². The third-order valence-corrected chi connectivity index (χ3v) is 4.57. The highest BCUT2D eigenvalue weighted by molar-refractivity contribution is 8.00. The van der Waals surface area contributed by atoms with Gasteiger partial charge in [0.1, 0.15) is 6.61 Å². The van der Waals surface area contributed by atoms with Gasteiger partial charge in [0.25, 0.3) is 0 Å². The number of ether oxygens (including phenoxy) is 1. The predicted octanol–water partition coefficient (Wildman–Crippen LogP) is 2.75. The molecular weight excluding hydrogens is 315 g/mol. The topological polar surface area (TPSA) is 36.9 Å². The number of nitrogens with zero attached hydrogens (tertiary/aromatic N) is 2. The molecule has 0 bridgehead atoms. The second-order valence-electron chi connectivity index (χ2n) is 5.10. The summed E-state index contributed by atoms with van der Waals surface area (Å²) < 4.78 is 40.4. The first-order valence-corrected chi connectivity index (χ1v) is 8.80. The molecule has 0 amide bonds. The zero-order valence-electron chi connectivity index (χ0n) is 13.3. The molecule has 0 spiro atoms. The molecule has 0 aromatic rings. The lowest BCUT2D eigenvalue weighted by atomic mass is 10.3. The van der Waals surface area contributed by atoms with Crippen LogP contribution in [0.5, 0.6) is 0 Å². The highest BCUT2D eigenvalue weighted by atomic mass is 32.2. The Morgan fingerprint density at radius 1 is 1.41 bits per heavy atom. The van der Waals surface area contributed by atoms with Crippen molar-refractivity contribution in [3.8, 4) is 0 Å². The van der Waals surface area contributed by atoms with Gasteiger partial charge in [-0.3, -0.25) is 4.99 Å². The Kier molecular flexibility index (Phi) is 9.00. The van der Waals surface area contributed by atoms with Gasteiger partial charge < -0.3 is 15.0 Å². The van der Waals surface area contributed by atoms with Crippen molar-refractivity contribution >= 4 is 17.7 Å². The second-order valence-corrected chi connectivity index (χ2v) is 6.51. The van der Waals surface area contributed by atoms with E-state index in [1.54, 1.807) is 0 Å². The zero-order valence-corrected chi connectivity index (χ0v) is 14.1. The Hall–Kier alpha value is -0.630. The molecule has 0 radical (unpaired) electrons. The van der Waals surface area contributed by atoms with E-state index < -0.39 is 12.8 Å². The molecule has 1 N–H and O–H groups in total. The van der Waals surface area contributed by atoms with E-state index in [2.05, 4.69) is 26.9 Å². The first-order chi connectivity index (χ1) is 10.5. The fraction of sp³-hybridized carbons (Fsp3) is 0.929. The van der Waals surface area contributed by atoms with Gasteiger partial charge in [0.15, 0.2) is 5.96 Å². The quantitative estimate of drug-likeness (QED) is 0.439. The van der Waals surface area contributed by atoms with Gasteiger partial charge in [0, 0.05) is 43.8 Å². The van der Waals surface area contributed by atoms with E-state index in [1.165, 1.54) is 0 Å². The second kappa shape index (κ2) is 10.2. The number of hydrogen-bond acceptors (Lipinski definition) is 3. The minimum Gasteiger partial charge on any atom is -0.372 e. The summed E-state index contributed by atoms with van der Waals surface area (Å²) in [7, 11) is 0. The van der Waals surface area contributed by atoms with Crippen molar-refractivity contribution < 1.29 is 17.9 Å². The summed E-state index contributed by atoms with van der Waals surface area (Å²) in [5, 5.41) is 3.88. The SMILES string of the molecule is CCNC(=NCCCOCC(F)(F)F)N1CCSC(CC)C1. The van der Waals surface area contributed by atoms with Crippen LogP contribution < -0.4 is 5.32 Å². The summed E-state index contributed by atoms with van der Waals surface area (Å²) in [6, 6.07) is 0. The monoisotopic (exact) mass is 341 g/mol. The standard InChI is InChI=1S/C14H26F3N3OS/c1-3-12-10-20(7-9-22-12)13(18-4-2)19-6-5-8-21-11-14(15,16)17/h12H,3-11H2,1-2H3,(H,18,19). The molecule has 1 rings (SSSR count). The van der Waals surface area contributed by atoms with Crippen LogP contribution in [0.25, 0.3) is 0 Å². The van der Waals surface area contributed by atoms with Crippen molar-refractivity contribution in [1.82, 2.24) is 10.2 Å². The molecule has 1 heterocycles. The van der Waals surface area contributed by atoms with Crippen molar-refractivity contribution in [1.29, 1.82) is 0 Å². The molecule has 4 nitrogen and oxygen atoms in total. The van der Waals surface area contributed by atoms with Crippen LogP contribution in [0.2, 0.25) is 0 Å². The van der Waals surface area contributed by atoms with E-state index >= 15 is 0 Å². The molecule has 0 aromatic carbocycles. The van der Waals surface area contributed by atoms with Crippen molar-refractivity contribution in [3.05, 3.63) is 0 Å². The van der Waals surface area contributed by atoms with Gasteiger partial charge in [-0.25, -0.2) is 0 Å². The fourth-order valence-corrected chi connectivity index (χ4v) is 3.30. The van der Waals surface area contributed by atoms with E-state index in [9.17, 15) is 13.2 Å². The predicted molar refractivity (Wildman–Crippen MR) is 85.6 cm³/mol. The molecule has 0 aromatic heterocycles.